The number of aromatic nitrogens is 1. The molecule has 0 aliphatic rings. The number of hydrogen-bond donors (Lipinski definition) is 4. The van der Waals surface area contributed by atoms with Gasteiger partial charge in [0, 0.05) is 40.0 Å². The largest absolute Gasteiger partial charge is 0.454 e. The van der Waals surface area contributed by atoms with Crippen LogP contribution in [-0.4, -0.2) is 38.6 Å². The zero-order valence-electron chi connectivity index (χ0n) is 24.7. The van der Waals surface area contributed by atoms with Gasteiger partial charge in [0.15, 0.2) is 0 Å². The molecule has 0 aromatic carbocycles. The van der Waals surface area contributed by atoms with Gasteiger partial charge in [0.1, 0.15) is 0 Å². The Balaban J connectivity index is -0.000000268. The Hall–Kier alpha value is -0.126. The van der Waals surface area contributed by atoms with Crippen molar-refractivity contribution in [3.05, 3.63) is 23.0 Å². The van der Waals surface area contributed by atoms with Crippen molar-refractivity contribution in [1.82, 2.24) is 4.98 Å². The van der Waals surface area contributed by atoms with Crippen LogP contribution in [0.4, 0.5) is 0 Å². The van der Waals surface area contributed by atoms with Crippen LogP contribution in [0.25, 0.3) is 0 Å². The molecule has 1 aromatic heterocycles. The van der Waals surface area contributed by atoms with Crippen molar-refractivity contribution in [2.24, 2.45) is 0 Å². The zero-order chi connectivity index (χ0) is 26.5. The molecule has 5 heteroatoms. The number of aromatic amines is 1. The molecule has 0 atom stereocenters. The molecule has 198 valence electrons. The van der Waals surface area contributed by atoms with E-state index in [-0.39, 0.29) is 56.3 Å². The van der Waals surface area contributed by atoms with Crippen molar-refractivity contribution >= 4 is 0 Å². The summed E-state index contributed by atoms with van der Waals surface area (Å²) in [5, 5.41) is 24.2. The maximum Gasteiger partial charge on any atom is 0.0483 e. The van der Waals surface area contributed by atoms with Crippen LogP contribution in [0.2, 0.25) is 0 Å². The van der Waals surface area contributed by atoms with Crippen molar-refractivity contribution in [3.8, 4) is 0 Å². The first-order valence-corrected chi connectivity index (χ1v) is 12.4. The van der Waals surface area contributed by atoms with Gasteiger partial charge in [-0.05, 0) is 65.2 Å². The van der Waals surface area contributed by atoms with E-state index in [9.17, 15) is 0 Å². The Morgan fingerprint density at radius 3 is 1.15 bits per heavy atom. The van der Waals surface area contributed by atoms with Gasteiger partial charge in [0.25, 0.3) is 0 Å². The number of nitrogens with one attached hydrogen (secondary N) is 1. The number of rotatable bonds is 6. The predicted octanol–water partition coefficient (Wildman–Crippen LogP) is 7.04. The van der Waals surface area contributed by atoms with Crippen LogP contribution in [0, 0.1) is 6.07 Å². The molecule has 0 aliphatic carbocycles. The monoisotopic (exact) mass is 504 g/mol. The molecule has 1 rings (SSSR count). The first kappa shape index (κ1) is 40.1. The van der Waals surface area contributed by atoms with Gasteiger partial charge in [-0.25, -0.2) is 6.07 Å². The fraction of sp³-hybridized carbons (Fsp3) is 0.857. The second-order valence-corrected chi connectivity index (χ2v) is 11.4. The van der Waals surface area contributed by atoms with Gasteiger partial charge in [-0.2, -0.15) is 5.56 Å². The molecule has 0 spiro atoms. The van der Waals surface area contributed by atoms with Gasteiger partial charge >= 0.3 is 0 Å². The standard InChI is InChI=1S/C19H34N.3C3H8O.Ti/c1-10-17(4,5)14-13-15(18(6,7)11-2)20-16(14)19(8,9)12-3;3*1-3(2)4;/h20H,10-12H2,1-9H3;3*3-4H,1-2H3;/q-1;;;;. The summed E-state index contributed by atoms with van der Waals surface area (Å²) in [5.41, 5.74) is 4.58. The van der Waals surface area contributed by atoms with Crippen LogP contribution < -0.4 is 0 Å². The molecule has 0 saturated carbocycles. The fourth-order valence-corrected chi connectivity index (χ4v) is 2.29. The molecule has 0 unspecified atom stereocenters. The van der Waals surface area contributed by atoms with E-state index in [1.807, 2.05) is 0 Å². The third-order valence-corrected chi connectivity index (χ3v) is 5.43. The van der Waals surface area contributed by atoms with Gasteiger partial charge in [-0.15, -0.1) is 5.69 Å². The van der Waals surface area contributed by atoms with Gasteiger partial charge in [-0.3, -0.25) is 0 Å². The minimum atomic E-state index is -0.167. The molecule has 0 amide bonds. The third kappa shape index (κ3) is 18.8. The Bertz CT molecular complexity index is 532. The molecular weight excluding hydrogens is 446 g/mol. The average molecular weight is 505 g/mol. The minimum absolute atomic E-state index is 0. The smallest absolute Gasteiger partial charge is 0.0483 e. The maximum absolute atomic E-state index is 8.06. The number of H-pyrrole nitrogens is 1. The quantitative estimate of drug-likeness (QED) is 0.248. The average Bonchev–Trinajstić information content (AvgIpc) is 3.08. The molecule has 0 bridgehead atoms. The van der Waals surface area contributed by atoms with Crippen LogP contribution in [0.15, 0.2) is 0 Å². The summed E-state index contributed by atoms with van der Waals surface area (Å²) in [5.74, 6) is 0. The molecule has 33 heavy (non-hydrogen) atoms. The van der Waals surface area contributed by atoms with E-state index in [0.717, 1.165) is 19.3 Å². The fourth-order valence-electron chi connectivity index (χ4n) is 2.29. The molecule has 1 heterocycles. The Morgan fingerprint density at radius 2 is 0.909 bits per heavy atom. The Labute approximate surface area is 222 Å². The van der Waals surface area contributed by atoms with Crippen LogP contribution in [0.1, 0.15) is 140 Å². The van der Waals surface area contributed by atoms with Gasteiger partial charge in [0.05, 0.1) is 0 Å². The molecule has 0 saturated heterocycles. The van der Waals surface area contributed by atoms with Crippen molar-refractivity contribution in [3.63, 3.8) is 0 Å². The van der Waals surface area contributed by atoms with E-state index in [2.05, 4.69) is 73.4 Å². The minimum Gasteiger partial charge on any atom is -0.454 e. The van der Waals surface area contributed by atoms with E-state index >= 15 is 0 Å². The topological polar surface area (TPSA) is 76.5 Å². The summed E-state index contributed by atoms with van der Waals surface area (Å²) in [4.78, 5) is 3.75. The van der Waals surface area contributed by atoms with E-state index in [4.69, 9.17) is 15.3 Å². The van der Waals surface area contributed by atoms with E-state index in [1.54, 1.807) is 41.5 Å². The molecular formula is C28H58NO3Ti-. The van der Waals surface area contributed by atoms with Crippen molar-refractivity contribution < 1.29 is 37.0 Å². The van der Waals surface area contributed by atoms with E-state index in [0.29, 0.717) is 0 Å². The molecule has 0 radical (unpaired) electrons. The molecule has 4 nitrogen and oxygen atoms in total. The summed E-state index contributed by atoms with van der Waals surface area (Å²) in [6.07, 6.45) is 2.91. The molecule has 1 aromatic rings. The van der Waals surface area contributed by atoms with Crippen molar-refractivity contribution in [2.75, 3.05) is 0 Å². The Kier molecular flexibility index (Phi) is 22.1. The second-order valence-electron chi connectivity index (χ2n) is 11.4. The summed E-state index contributed by atoms with van der Waals surface area (Å²) in [6, 6.07) is 3.75. The summed E-state index contributed by atoms with van der Waals surface area (Å²) >= 11 is 0. The summed E-state index contributed by atoms with van der Waals surface area (Å²) in [6.45, 7) is 31.1. The third-order valence-electron chi connectivity index (χ3n) is 5.43. The van der Waals surface area contributed by atoms with Crippen molar-refractivity contribution in [2.45, 2.75) is 158 Å². The van der Waals surface area contributed by atoms with Crippen molar-refractivity contribution in [1.29, 1.82) is 0 Å². The zero-order valence-corrected chi connectivity index (χ0v) is 26.3. The normalized spacial score (nSPS) is 11.7. The maximum atomic E-state index is 8.06. The number of aliphatic hydroxyl groups is 3. The van der Waals surface area contributed by atoms with Crippen LogP contribution >= 0.6 is 0 Å². The predicted molar refractivity (Wildman–Crippen MR) is 142 cm³/mol. The van der Waals surface area contributed by atoms with E-state index < -0.39 is 0 Å². The SMILES string of the molecule is CC(C)O.CC(C)O.CC(C)O.CCC(C)(C)c1[c-]c(C(C)(C)CC)c(C(C)(C)CC)[nH]1.[Ti]. The van der Waals surface area contributed by atoms with Crippen LogP contribution in [-0.2, 0) is 38.0 Å². The Morgan fingerprint density at radius 1 is 0.636 bits per heavy atom. The molecule has 4 N–H and O–H groups in total. The van der Waals surface area contributed by atoms with Gasteiger partial charge in [0.2, 0.25) is 0 Å². The summed E-state index contributed by atoms with van der Waals surface area (Å²) < 4.78 is 0. The van der Waals surface area contributed by atoms with Gasteiger partial charge in [-0.1, -0.05) is 79.8 Å². The second kappa shape index (κ2) is 18.2. The van der Waals surface area contributed by atoms with Gasteiger partial charge < -0.3 is 20.3 Å². The summed E-state index contributed by atoms with van der Waals surface area (Å²) in [7, 11) is 0. The van der Waals surface area contributed by atoms with E-state index in [1.165, 1.54) is 17.0 Å². The van der Waals surface area contributed by atoms with Crippen LogP contribution in [0.3, 0.4) is 0 Å². The first-order chi connectivity index (χ1) is 14.2. The first-order valence-electron chi connectivity index (χ1n) is 12.4. The number of aliphatic hydroxyl groups excluding tert-OH is 3. The molecule has 0 fully saturated rings. The number of hydrogen-bond acceptors (Lipinski definition) is 3. The van der Waals surface area contributed by atoms with Crippen LogP contribution in [0.5, 0.6) is 0 Å². The molecule has 0 aliphatic heterocycles.